The van der Waals surface area contributed by atoms with E-state index in [1.165, 1.54) is 6.42 Å². The highest BCUT2D eigenvalue weighted by molar-refractivity contribution is 7.80. The summed E-state index contributed by atoms with van der Waals surface area (Å²) in [5.41, 5.74) is -0.446. The topological polar surface area (TPSA) is 41.1 Å². The van der Waals surface area contributed by atoms with Crippen LogP contribution in [0.2, 0.25) is 0 Å². The summed E-state index contributed by atoms with van der Waals surface area (Å²) in [5, 5.41) is 6.39. The van der Waals surface area contributed by atoms with E-state index in [1.54, 1.807) is 0 Å². The predicted molar refractivity (Wildman–Crippen MR) is 58.9 cm³/mol. The highest BCUT2D eigenvalue weighted by Crippen LogP contribution is 2.45. The third-order valence-corrected chi connectivity index (χ3v) is 3.90. The first-order chi connectivity index (χ1) is 6.48. The number of hydrogen-bond donors (Lipinski definition) is 2. The standard InChI is InChI=1S/C10H16N2OS/c1-9(2)5-3-4-6-10(9)7(13)11-8(14)12-10/h3-6H2,1-2H3,(H2,11,12,13,14). The molecule has 2 fully saturated rings. The van der Waals surface area contributed by atoms with E-state index >= 15 is 0 Å². The maximum absolute atomic E-state index is 11.9. The molecule has 14 heavy (non-hydrogen) atoms. The van der Waals surface area contributed by atoms with Crippen LogP contribution in [-0.4, -0.2) is 16.6 Å². The second-order valence-electron chi connectivity index (χ2n) is 4.90. The van der Waals surface area contributed by atoms with Crippen LogP contribution in [0.15, 0.2) is 0 Å². The van der Waals surface area contributed by atoms with Gasteiger partial charge in [-0.3, -0.25) is 4.79 Å². The minimum atomic E-state index is -0.442. The van der Waals surface area contributed by atoms with Crippen LogP contribution in [0.25, 0.3) is 0 Å². The first kappa shape index (κ1) is 9.90. The van der Waals surface area contributed by atoms with E-state index in [0.29, 0.717) is 5.11 Å². The van der Waals surface area contributed by atoms with E-state index in [2.05, 4.69) is 24.5 Å². The van der Waals surface area contributed by atoms with E-state index < -0.39 is 5.54 Å². The van der Waals surface area contributed by atoms with Crippen molar-refractivity contribution in [2.24, 2.45) is 5.41 Å². The molecular formula is C10H16N2OS. The summed E-state index contributed by atoms with van der Waals surface area (Å²) in [4.78, 5) is 11.9. The molecule has 2 N–H and O–H groups in total. The predicted octanol–water partition coefficient (Wildman–Crippen LogP) is 1.33. The van der Waals surface area contributed by atoms with Gasteiger partial charge in [-0.05, 0) is 30.5 Å². The Morgan fingerprint density at radius 1 is 1.29 bits per heavy atom. The van der Waals surface area contributed by atoms with Crippen molar-refractivity contribution < 1.29 is 4.79 Å². The van der Waals surface area contributed by atoms with Crippen molar-refractivity contribution >= 4 is 23.2 Å². The van der Waals surface area contributed by atoms with Crippen molar-refractivity contribution in [2.75, 3.05) is 0 Å². The minimum absolute atomic E-state index is 0.00407. The third-order valence-electron chi connectivity index (χ3n) is 3.70. The zero-order chi connectivity index (χ0) is 10.4. The molecule has 78 valence electrons. The lowest BCUT2D eigenvalue weighted by molar-refractivity contribution is -0.130. The van der Waals surface area contributed by atoms with Crippen molar-refractivity contribution in [3.05, 3.63) is 0 Å². The summed E-state index contributed by atoms with van der Waals surface area (Å²) < 4.78 is 0. The molecule has 0 aromatic heterocycles. The quantitative estimate of drug-likeness (QED) is 0.595. The maximum atomic E-state index is 11.9. The number of hydrogen-bond acceptors (Lipinski definition) is 2. The highest BCUT2D eigenvalue weighted by Gasteiger charge is 2.55. The molecule has 0 radical (unpaired) electrons. The second-order valence-corrected chi connectivity index (χ2v) is 5.31. The van der Waals surface area contributed by atoms with Gasteiger partial charge >= 0.3 is 0 Å². The van der Waals surface area contributed by atoms with Crippen LogP contribution >= 0.6 is 12.2 Å². The van der Waals surface area contributed by atoms with Crippen LogP contribution in [0.5, 0.6) is 0 Å². The number of nitrogens with one attached hydrogen (secondary N) is 2. The molecule has 1 saturated heterocycles. The molecule has 1 unspecified atom stereocenters. The Morgan fingerprint density at radius 2 is 1.93 bits per heavy atom. The summed E-state index contributed by atoms with van der Waals surface area (Å²) in [6, 6.07) is 0. The van der Waals surface area contributed by atoms with E-state index in [1.807, 2.05) is 0 Å². The zero-order valence-electron chi connectivity index (χ0n) is 8.64. The van der Waals surface area contributed by atoms with Crippen LogP contribution in [-0.2, 0) is 4.79 Å². The van der Waals surface area contributed by atoms with Gasteiger partial charge in [0, 0.05) is 0 Å². The molecule has 0 aromatic carbocycles. The molecule has 0 bridgehead atoms. The first-order valence-corrected chi connectivity index (χ1v) is 5.52. The lowest BCUT2D eigenvalue weighted by atomic mass is 9.63. The summed E-state index contributed by atoms with van der Waals surface area (Å²) in [6.45, 7) is 4.29. The smallest absolute Gasteiger partial charge is 0.252 e. The monoisotopic (exact) mass is 212 g/mol. The van der Waals surface area contributed by atoms with Gasteiger partial charge in [0.2, 0.25) is 0 Å². The average molecular weight is 212 g/mol. The molecule has 2 rings (SSSR count). The SMILES string of the molecule is CC1(C)CCCCC12NC(=S)NC2=O. The Hall–Kier alpha value is -0.640. The number of amides is 1. The fraction of sp³-hybridized carbons (Fsp3) is 0.800. The molecule has 1 aliphatic heterocycles. The van der Waals surface area contributed by atoms with Gasteiger partial charge in [-0.2, -0.15) is 0 Å². The number of thiocarbonyl (C=S) groups is 1. The van der Waals surface area contributed by atoms with E-state index in [-0.39, 0.29) is 11.3 Å². The molecule has 1 amide bonds. The van der Waals surface area contributed by atoms with E-state index in [9.17, 15) is 4.79 Å². The molecule has 1 atom stereocenters. The van der Waals surface area contributed by atoms with Gasteiger partial charge in [0.1, 0.15) is 5.54 Å². The Kier molecular flexibility index (Phi) is 2.07. The van der Waals surface area contributed by atoms with Gasteiger partial charge < -0.3 is 10.6 Å². The molecule has 1 heterocycles. The fourth-order valence-electron chi connectivity index (χ4n) is 2.65. The van der Waals surface area contributed by atoms with Crippen LogP contribution in [0.1, 0.15) is 39.5 Å². The van der Waals surface area contributed by atoms with Gasteiger partial charge in [-0.1, -0.05) is 26.7 Å². The van der Waals surface area contributed by atoms with Crippen molar-refractivity contribution in [1.82, 2.24) is 10.6 Å². The van der Waals surface area contributed by atoms with Gasteiger partial charge in [0.15, 0.2) is 5.11 Å². The Labute approximate surface area is 89.6 Å². The van der Waals surface area contributed by atoms with Crippen LogP contribution in [0, 0.1) is 5.41 Å². The second kappa shape index (κ2) is 2.92. The fourth-order valence-corrected chi connectivity index (χ4v) is 2.92. The number of carbonyl (C=O) groups excluding carboxylic acids is 1. The Balaban J connectivity index is 2.37. The maximum Gasteiger partial charge on any atom is 0.252 e. The molecular weight excluding hydrogens is 196 g/mol. The largest absolute Gasteiger partial charge is 0.348 e. The third kappa shape index (κ3) is 1.16. The van der Waals surface area contributed by atoms with E-state index in [0.717, 1.165) is 19.3 Å². The Morgan fingerprint density at radius 3 is 2.43 bits per heavy atom. The zero-order valence-corrected chi connectivity index (χ0v) is 9.46. The van der Waals surface area contributed by atoms with Crippen molar-refractivity contribution in [3.8, 4) is 0 Å². The molecule has 0 aromatic rings. The molecule has 2 aliphatic rings. The van der Waals surface area contributed by atoms with Crippen LogP contribution < -0.4 is 10.6 Å². The van der Waals surface area contributed by atoms with Gasteiger partial charge in [-0.15, -0.1) is 0 Å². The van der Waals surface area contributed by atoms with Crippen molar-refractivity contribution in [1.29, 1.82) is 0 Å². The summed E-state index contributed by atoms with van der Waals surface area (Å²) >= 11 is 5.01. The first-order valence-electron chi connectivity index (χ1n) is 5.12. The normalized spacial score (nSPS) is 35.6. The lowest BCUT2D eigenvalue weighted by Gasteiger charge is -2.45. The highest BCUT2D eigenvalue weighted by atomic mass is 32.1. The minimum Gasteiger partial charge on any atom is -0.348 e. The van der Waals surface area contributed by atoms with E-state index in [4.69, 9.17) is 12.2 Å². The molecule has 4 heteroatoms. The van der Waals surface area contributed by atoms with Crippen molar-refractivity contribution in [2.45, 2.75) is 45.1 Å². The van der Waals surface area contributed by atoms with Gasteiger partial charge in [0.25, 0.3) is 5.91 Å². The summed E-state index contributed by atoms with van der Waals surface area (Å²) in [7, 11) is 0. The molecule has 3 nitrogen and oxygen atoms in total. The molecule has 1 spiro atoms. The average Bonchev–Trinajstić information content (AvgIpc) is 2.35. The van der Waals surface area contributed by atoms with Gasteiger partial charge in [0.05, 0.1) is 0 Å². The van der Waals surface area contributed by atoms with Crippen molar-refractivity contribution in [3.63, 3.8) is 0 Å². The number of carbonyl (C=O) groups is 1. The number of rotatable bonds is 0. The molecule has 1 saturated carbocycles. The molecule has 1 aliphatic carbocycles. The lowest BCUT2D eigenvalue weighted by Crippen LogP contribution is -2.59. The van der Waals surface area contributed by atoms with Gasteiger partial charge in [-0.25, -0.2) is 0 Å². The Bertz CT molecular complexity index is 300. The summed E-state index contributed by atoms with van der Waals surface area (Å²) in [6.07, 6.45) is 4.28. The van der Waals surface area contributed by atoms with Crippen LogP contribution in [0.3, 0.4) is 0 Å². The summed E-state index contributed by atoms with van der Waals surface area (Å²) in [5.74, 6) is 0.0622. The van der Waals surface area contributed by atoms with Crippen LogP contribution in [0.4, 0.5) is 0 Å².